The summed E-state index contributed by atoms with van der Waals surface area (Å²) in [7, 11) is 3.65. The number of rotatable bonds is 2. The van der Waals surface area contributed by atoms with E-state index in [4.69, 9.17) is 0 Å². The van der Waals surface area contributed by atoms with Crippen LogP contribution >= 0.6 is 0 Å². The lowest BCUT2D eigenvalue weighted by Gasteiger charge is -2.22. The first-order valence-corrected chi connectivity index (χ1v) is 2.36. The Balaban J connectivity index is 3.16. The topological polar surface area (TPSA) is 15.6 Å². The summed E-state index contributed by atoms with van der Waals surface area (Å²) >= 11 is 0. The zero-order valence-corrected chi connectivity index (χ0v) is 5.10. The molecule has 0 radical (unpaired) electrons. The third-order valence-corrected chi connectivity index (χ3v) is 0.745. The quantitative estimate of drug-likeness (QED) is 0.213. The van der Waals surface area contributed by atoms with Crippen molar-refractivity contribution in [2.75, 3.05) is 20.6 Å². The van der Waals surface area contributed by atoms with Gasteiger partial charge in [-0.15, -0.1) is 0 Å². The minimum atomic E-state index is 0.970. The first kappa shape index (κ1) is 6.47. The van der Waals surface area contributed by atoms with E-state index in [0.29, 0.717) is 0 Å². The molecule has 0 aromatic heterocycles. The highest BCUT2D eigenvalue weighted by molar-refractivity contribution is 5.53. The Labute approximate surface area is 44.9 Å². The number of nitrogens with zero attached hydrogens (tertiary/aromatic N) is 2. The molecule has 7 heavy (non-hydrogen) atoms. The highest BCUT2D eigenvalue weighted by Crippen LogP contribution is 1.70. The SMILES string of the molecule is CCN(C)[C-]=NC. The first-order valence-electron chi connectivity index (χ1n) is 2.36. The van der Waals surface area contributed by atoms with Crippen LogP contribution in [0.5, 0.6) is 0 Å². The second-order valence-electron chi connectivity index (χ2n) is 1.34. The molecule has 0 saturated carbocycles. The van der Waals surface area contributed by atoms with Gasteiger partial charge in [0.25, 0.3) is 0 Å². The van der Waals surface area contributed by atoms with Gasteiger partial charge < -0.3 is 9.89 Å². The first-order chi connectivity index (χ1) is 3.31. The van der Waals surface area contributed by atoms with Gasteiger partial charge in [0.2, 0.25) is 0 Å². The molecular formula is C5H11N2-. The van der Waals surface area contributed by atoms with Gasteiger partial charge in [-0.2, -0.15) is 0 Å². The van der Waals surface area contributed by atoms with E-state index in [0.717, 1.165) is 6.54 Å². The van der Waals surface area contributed by atoms with Crippen molar-refractivity contribution in [1.82, 2.24) is 4.90 Å². The Morgan fingerprint density at radius 3 is 2.43 bits per heavy atom. The van der Waals surface area contributed by atoms with E-state index >= 15 is 0 Å². The Bertz CT molecular complexity index is 59.1. The Hall–Kier alpha value is -0.530. The normalized spacial score (nSPS) is 10.1. The summed E-state index contributed by atoms with van der Waals surface area (Å²) in [5.74, 6) is 0. The minimum absolute atomic E-state index is 0.970. The summed E-state index contributed by atoms with van der Waals surface area (Å²) in [5, 5.41) is 0. The Morgan fingerprint density at radius 1 is 1.71 bits per heavy atom. The lowest BCUT2D eigenvalue weighted by Crippen LogP contribution is -2.14. The zero-order chi connectivity index (χ0) is 5.70. The van der Waals surface area contributed by atoms with Crippen molar-refractivity contribution in [3.63, 3.8) is 0 Å². The highest BCUT2D eigenvalue weighted by atomic mass is 15.1. The van der Waals surface area contributed by atoms with Crippen LogP contribution in [-0.4, -0.2) is 31.9 Å². The third kappa shape index (κ3) is 3.30. The minimum Gasteiger partial charge on any atom is -0.540 e. The van der Waals surface area contributed by atoms with Crippen molar-refractivity contribution >= 4 is 6.34 Å². The molecule has 0 aliphatic heterocycles. The molecule has 0 fully saturated rings. The van der Waals surface area contributed by atoms with Crippen LogP contribution in [0.1, 0.15) is 6.92 Å². The predicted octanol–water partition coefficient (Wildman–Crippen LogP) is 0.473. The summed E-state index contributed by atoms with van der Waals surface area (Å²) in [4.78, 5) is 5.57. The summed E-state index contributed by atoms with van der Waals surface area (Å²) in [5.41, 5.74) is 0. The summed E-state index contributed by atoms with van der Waals surface area (Å²) in [6, 6.07) is 0. The van der Waals surface area contributed by atoms with Crippen LogP contribution in [0.15, 0.2) is 4.99 Å². The molecule has 0 aliphatic carbocycles. The van der Waals surface area contributed by atoms with Gasteiger partial charge in [-0.25, -0.2) is 0 Å². The van der Waals surface area contributed by atoms with Crippen molar-refractivity contribution in [3.05, 3.63) is 0 Å². The lowest BCUT2D eigenvalue weighted by molar-refractivity contribution is 0.551. The van der Waals surface area contributed by atoms with Crippen molar-refractivity contribution in [2.45, 2.75) is 6.92 Å². The van der Waals surface area contributed by atoms with Crippen LogP contribution in [0, 0.1) is 0 Å². The van der Waals surface area contributed by atoms with Crippen LogP contribution in [0.3, 0.4) is 0 Å². The smallest absolute Gasteiger partial charge is 0.0108 e. The van der Waals surface area contributed by atoms with Crippen molar-refractivity contribution in [3.8, 4) is 0 Å². The molecule has 2 nitrogen and oxygen atoms in total. The molecule has 0 unspecified atom stereocenters. The van der Waals surface area contributed by atoms with E-state index in [2.05, 4.69) is 18.3 Å². The van der Waals surface area contributed by atoms with Crippen molar-refractivity contribution in [1.29, 1.82) is 0 Å². The molecule has 0 aromatic carbocycles. The van der Waals surface area contributed by atoms with E-state index < -0.39 is 0 Å². The predicted molar refractivity (Wildman–Crippen MR) is 31.7 cm³/mol. The molecule has 0 rings (SSSR count). The van der Waals surface area contributed by atoms with E-state index in [9.17, 15) is 0 Å². The van der Waals surface area contributed by atoms with E-state index in [1.165, 1.54) is 0 Å². The fourth-order valence-electron chi connectivity index (χ4n) is 0.241. The van der Waals surface area contributed by atoms with Gasteiger partial charge in [-0.05, 0) is 20.6 Å². The highest BCUT2D eigenvalue weighted by Gasteiger charge is 1.64. The largest absolute Gasteiger partial charge is 0.540 e. The maximum absolute atomic E-state index is 3.68. The fraction of sp³-hybridized carbons (Fsp3) is 0.800. The van der Waals surface area contributed by atoms with Crippen LogP contribution in [0.4, 0.5) is 0 Å². The van der Waals surface area contributed by atoms with Crippen LogP contribution in [0.25, 0.3) is 0 Å². The Kier molecular flexibility index (Phi) is 3.38. The van der Waals surface area contributed by atoms with Crippen molar-refractivity contribution < 1.29 is 0 Å². The number of hydrogen-bond acceptors (Lipinski definition) is 1. The van der Waals surface area contributed by atoms with E-state index in [1.807, 2.05) is 11.9 Å². The maximum atomic E-state index is 3.68. The monoisotopic (exact) mass is 99.1 g/mol. The molecule has 0 atom stereocenters. The standard InChI is InChI=1S/C5H11N2/c1-4-7(3)5-6-2/h4H2,1-3H3/q-1. The molecule has 0 heterocycles. The molecule has 0 bridgehead atoms. The van der Waals surface area contributed by atoms with Gasteiger partial charge in [-0.1, -0.05) is 6.92 Å². The molecule has 0 aromatic rings. The molecule has 0 N–H and O–H groups in total. The van der Waals surface area contributed by atoms with Crippen LogP contribution in [0.2, 0.25) is 0 Å². The van der Waals surface area contributed by atoms with E-state index in [1.54, 1.807) is 7.05 Å². The fourth-order valence-corrected chi connectivity index (χ4v) is 0.241. The lowest BCUT2D eigenvalue weighted by atomic mass is 10.7. The summed E-state index contributed by atoms with van der Waals surface area (Å²) < 4.78 is 0. The van der Waals surface area contributed by atoms with Gasteiger partial charge in [0.1, 0.15) is 0 Å². The maximum Gasteiger partial charge on any atom is -0.0108 e. The van der Waals surface area contributed by atoms with Crippen molar-refractivity contribution in [2.24, 2.45) is 4.99 Å². The van der Waals surface area contributed by atoms with E-state index in [-0.39, 0.29) is 0 Å². The van der Waals surface area contributed by atoms with Gasteiger partial charge in [0.15, 0.2) is 0 Å². The van der Waals surface area contributed by atoms with Gasteiger partial charge in [0, 0.05) is 0 Å². The molecule has 42 valence electrons. The second-order valence-corrected chi connectivity index (χ2v) is 1.34. The average Bonchev–Trinajstić information content (AvgIpc) is 1.68. The zero-order valence-electron chi connectivity index (χ0n) is 5.10. The molecule has 0 spiro atoms. The van der Waals surface area contributed by atoms with Crippen LogP contribution in [-0.2, 0) is 0 Å². The second kappa shape index (κ2) is 3.65. The molecule has 0 amide bonds. The van der Waals surface area contributed by atoms with Gasteiger partial charge in [0.05, 0.1) is 0 Å². The summed E-state index contributed by atoms with van der Waals surface area (Å²) in [6.07, 6.45) is 2.75. The van der Waals surface area contributed by atoms with Gasteiger partial charge in [-0.3, -0.25) is 6.34 Å². The molecule has 0 aliphatic rings. The number of hydrogen-bond donors (Lipinski definition) is 0. The summed E-state index contributed by atoms with van der Waals surface area (Å²) in [6.45, 7) is 3.02. The third-order valence-electron chi connectivity index (χ3n) is 0.745. The van der Waals surface area contributed by atoms with Crippen LogP contribution < -0.4 is 0 Å². The molecule has 2 heteroatoms. The molecule has 0 saturated heterocycles. The average molecular weight is 99.2 g/mol. The Morgan fingerprint density at radius 2 is 2.29 bits per heavy atom. The molecular weight excluding hydrogens is 88.1 g/mol. The van der Waals surface area contributed by atoms with Gasteiger partial charge >= 0.3 is 0 Å². The number of aliphatic imine (C=N–C) groups is 1.